The van der Waals surface area contributed by atoms with Gasteiger partial charge >= 0.3 is 0 Å². The van der Waals surface area contributed by atoms with Crippen LogP contribution in [-0.4, -0.2) is 42.1 Å². The molecule has 3 aromatic rings. The molecule has 8 nitrogen and oxygen atoms in total. The Labute approximate surface area is 155 Å². The van der Waals surface area contributed by atoms with E-state index in [0.29, 0.717) is 43.0 Å². The number of hydrogen-bond acceptors (Lipinski definition) is 5. The first kappa shape index (κ1) is 17.1. The van der Waals surface area contributed by atoms with Crippen molar-refractivity contribution in [1.82, 2.24) is 29.6 Å². The molecule has 27 heavy (non-hydrogen) atoms. The summed E-state index contributed by atoms with van der Waals surface area (Å²) in [4.78, 5) is 38.7. The molecule has 0 radical (unpaired) electrons. The predicted molar refractivity (Wildman–Crippen MR) is 98.8 cm³/mol. The summed E-state index contributed by atoms with van der Waals surface area (Å²) in [5.41, 5.74) is 1.96. The van der Waals surface area contributed by atoms with Crippen LogP contribution in [0.2, 0.25) is 0 Å². The van der Waals surface area contributed by atoms with Gasteiger partial charge in [0.15, 0.2) is 0 Å². The average molecular weight is 364 g/mol. The van der Waals surface area contributed by atoms with Crippen LogP contribution in [0.15, 0.2) is 47.8 Å². The number of rotatable bonds is 4. The topological polar surface area (TPSA) is 96.8 Å². The fourth-order valence-electron chi connectivity index (χ4n) is 3.42. The molecule has 0 aliphatic carbocycles. The quantitative estimate of drug-likeness (QED) is 0.758. The summed E-state index contributed by atoms with van der Waals surface area (Å²) in [6.07, 6.45) is 7.92. The second-order valence-corrected chi connectivity index (χ2v) is 6.50. The van der Waals surface area contributed by atoms with Gasteiger partial charge < -0.3 is 9.88 Å². The Morgan fingerprint density at radius 3 is 2.81 bits per heavy atom. The molecular formula is C19H20N6O2. The molecule has 0 fully saturated rings. The van der Waals surface area contributed by atoms with E-state index in [2.05, 4.69) is 20.1 Å². The van der Waals surface area contributed by atoms with E-state index < -0.39 is 0 Å². The first-order chi connectivity index (χ1) is 13.2. The lowest BCUT2D eigenvalue weighted by atomic mass is 10.0. The predicted octanol–water partition coefficient (Wildman–Crippen LogP) is 1.56. The summed E-state index contributed by atoms with van der Waals surface area (Å²) in [5, 5.41) is 4.21. The molecule has 138 valence electrons. The highest BCUT2D eigenvalue weighted by atomic mass is 16.2. The molecule has 4 rings (SSSR count). The maximum absolute atomic E-state index is 13.0. The van der Waals surface area contributed by atoms with Crippen molar-refractivity contribution < 1.29 is 4.79 Å². The summed E-state index contributed by atoms with van der Waals surface area (Å²) < 4.78 is 1.69. The molecule has 0 spiro atoms. The Bertz CT molecular complexity index is 997. The van der Waals surface area contributed by atoms with Crippen molar-refractivity contribution in [3.05, 3.63) is 64.6 Å². The third kappa shape index (κ3) is 3.25. The zero-order valence-electron chi connectivity index (χ0n) is 15.0. The van der Waals surface area contributed by atoms with Crippen molar-refractivity contribution in [2.45, 2.75) is 32.4 Å². The SMILES string of the molecule is CC[C@H](C(=O)N1CCc2c(nc(-c3ccncc3)[nH]c2=O)C1)n1cccn1. The van der Waals surface area contributed by atoms with E-state index in [0.717, 1.165) is 5.56 Å². The van der Waals surface area contributed by atoms with E-state index in [1.54, 1.807) is 46.5 Å². The average Bonchev–Trinajstić information content (AvgIpc) is 3.23. The van der Waals surface area contributed by atoms with Gasteiger partial charge in [0.05, 0.1) is 12.2 Å². The number of fused-ring (bicyclic) bond motifs is 1. The monoisotopic (exact) mass is 364 g/mol. The summed E-state index contributed by atoms with van der Waals surface area (Å²) >= 11 is 0. The number of nitrogens with one attached hydrogen (secondary N) is 1. The number of aromatic nitrogens is 5. The molecule has 3 aromatic heterocycles. The summed E-state index contributed by atoms with van der Waals surface area (Å²) in [6, 6.07) is 5.05. The fourth-order valence-corrected chi connectivity index (χ4v) is 3.42. The van der Waals surface area contributed by atoms with Crippen LogP contribution >= 0.6 is 0 Å². The molecule has 0 bridgehead atoms. The number of carbonyl (C=O) groups excluding carboxylic acids is 1. The molecule has 8 heteroatoms. The molecular weight excluding hydrogens is 344 g/mol. The van der Waals surface area contributed by atoms with E-state index >= 15 is 0 Å². The Hall–Kier alpha value is -3.29. The van der Waals surface area contributed by atoms with E-state index in [9.17, 15) is 9.59 Å². The van der Waals surface area contributed by atoms with Gasteiger partial charge in [-0.1, -0.05) is 6.92 Å². The molecule has 0 saturated heterocycles. The van der Waals surface area contributed by atoms with E-state index in [1.165, 1.54) is 0 Å². The van der Waals surface area contributed by atoms with Crippen molar-refractivity contribution in [3.63, 3.8) is 0 Å². The first-order valence-electron chi connectivity index (χ1n) is 8.97. The minimum atomic E-state index is -0.344. The second-order valence-electron chi connectivity index (χ2n) is 6.50. The molecule has 1 N–H and O–H groups in total. The number of amides is 1. The molecule has 0 unspecified atom stereocenters. The van der Waals surface area contributed by atoms with Crippen LogP contribution in [-0.2, 0) is 17.8 Å². The zero-order chi connectivity index (χ0) is 18.8. The van der Waals surface area contributed by atoms with Crippen LogP contribution < -0.4 is 5.56 Å². The Kier molecular flexibility index (Phi) is 4.53. The highest BCUT2D eigenvalue weighted by Gasteiger charge is 2.29. The molecule has 1 atom stereocenters. The van der Waals surface area contributed by atoms with E-state index in [-0.39, 0.29) is 17.5 Å². The van der Waals surface area contributed by atoms with Gasteiger partial charge in [-0.2, -0.15) is 5.10 Å². The lowest BCUT2D eigenvalue weighted by molar-refractivity contribution is -0.136. The molecule has 1 aliphatic rings. The molecule has 4 heterocycles. The van der Waals surface area contributed by atoms with Crippen molar-refractivity contribution in [2.24, 2.45) is 0 Å². The van der Waals surface area contributed by atoms with Gasteiger partial charge in [0.1, 0.15) is 11.9 Å². The highest BCUT2D eigenvalue weighted by molar-refractivity contribution is 5.80. The number of H-pyrrole nitrogens is 1. The molecule has 1 aliphatic heterocycles. The summed E-state index contributed by atoms with van der Waals surface area (Å²) in [6.45, 7) is 2.80. The van der Waals surface area contributed by atoms with Gasteiger partial charge in [0.2, 0.25) is 5.91 Å². The van der Waals surface area contributed by atoms with E-state index in [1.807, 2.05) is 13.0 Å². The third-order valence-corrected chi connectivity index (χ3v) is 4.85. The van der Waals surface area contributed by atoms with Crippen LogP contribution in [0.4, 0.5) is 0 Å². The normalized spacial score (nSPS) is 14.6. The molecule has 1 amide bonds. The van der Waals surface area contributed by atoms with Gasteiger partial charge in [-0.15, -0.1) is 0 Å². The maximum Gasteiger partial charge on any atom is 0.254 e. The minimum absolute atomic E-state index is 0.000562. The minimum Gasteiger partial charge on any atom is -0.335 e. The van der Waals surface area contributed by atoms with Crippen LogP contribution in [0.5, 0.6) is 0 Å². The lowest BCUT2D eigenvalue weighted by Gasteiger charge is -2.30. The van der Waals surface area contributed by atoms with Gasteiger partial charge in [-0.25, -0.2) is 4.98 Å². The van der Waals surface area contributed by atoms with Gasteiger partial charge in [-0.05, 0) is 31.0 Å². The van der Waals surface area contributed by atoms with Crippen LogP contribution in [0, 0.1) is 0 Å². The van der Waals surface area contributed by atoms with Crippen LogP contribution in [0.1, 0.15) is 30.6 Å². The van der Waals surface area contributed by atoms with Gasteiger partial charge in [0, 0.05) is 42.5 Å². The Morgan fingerprint density at radius 1 is 1.30 bits per heavy atom. The summed E-state index contributed by atoms with van der Waals surface area (Å²) in [5.74, 6) is 0.494. The van der Waals surface area contributed by atoms with Crippen molar-refractivity contribution in [3.8, 4) is 11.4 Å². The smallest absolute Gasteiger partial charge is 0.254 e. The molecule has 0 saturated carbocycles. The van der Waals surface area contributed by atoms with Crippen LogP contribution in [0.3, 0.4) is 0 Å². The van der Waals surface area contributed by atoms with Crippen LogP contribution in [0.25, 0.3) is 11.4 Å². The Morgan fingerprint density at radius 2 is 2.11 bits per heavy atom. The van der Waals surface area contributed by atoms with Crippen molar-refractivity contribution in [2.75, 3.05) is 6.54 Å². The number of carbonyl (C=O) groups is 1. The standard InChI is InChI=1S/C19H20N6O2/c1-2-16(25-10-3-7-21-25)19(27)24-11-6-14-15(12-24)22-17(23-18(14)26)13-4-8-20-9-5-13/h3-5,7-10,16H,2,6,11-12H2,1H3,(H,22,23,26)/t16-/m1/s1. The first-order valence-corrected chi connectivity index (χ1v) is 8.97. The number of aromatic amines is 1. The zero-order valence-corrected chi connectivity index (χ0v) is 15.0. The number of nitrogens with zero attached hydrogens (tertiary/aromatic N) is 5. The summed E-state index contributed by atoms with van der Waals surface area (Å²) in [7, 11) is 0. The van der Waals surface area contributed by atoms with Crippen molar-refractivity contribution >= 4 is 5.91 Å². The lowest BCUT2D eigenvalue weighted by Crippen LogP contribution is -2.42. The largest absolute Gasteiger partial charge is 0.335 e. The second kappa shape index (κ2) is 7.14. The number of hydrogen-bond donors (Lipinski definition) is 1. The van der Waals surface area contributed by atoms with Crippen molar-refractivity contribution in [1.29, 1.82) is 0 Å². The third-order valence-electron chi connectivity index (χ3n) is 4.85. The van der Waals surface area contributed by atoms with E-state index in [4.69, 9.17) is 0 Å². The molecule has 0 aromatic carbocycles. The van der Waals surface area contributed by atoms with Gasteiger partial charge in [-0.3, -0.25) is 19.3 Å². The number of pyridine rings is 1. The maximum atomic E-state index is 13.0. The Balaban J connectivity index is 1.63. The van der Waals surface area contributed by atoms with Gasteiger partial charge in [0.25, 0.3) is 5.56 Å². The highest BCUT2D eigenvalue weighted by Crippen LogP contribution is 2.22. The fraction of sp³-hybridized carbons (Fsp3) is 0.316.